The summed E-state index contributed by atoms with van der Waals surface area (Å²) in [5.74, 6) is 0. The Morgan fingerprint density at radius 1 is 1.60 bits per heavy atom. The lowest BCUT2D eigenvalue weighted by molar-refractivity contribution is 0.524. The van der Waals surface area contributed by atoms with Crippen molar-refractivity contribution in [3.8, 4) is 0 Å². The van der Waals surface area contributed by atoms with Gasteiger partial charge in [0.15, 0.2) is 0 Å². The van der Waals surface area contributed by atoms with E-state index in [4.69, 9.17) is 0 Å². The molecule has 3 heteroatoms. The molecule has 3 rings (SSSR count). The number of hydrogen-bond donors (Lipinski definition) is 1. The van der Waals surface area contributed by atoms with Gasteiger partial charge in [-0.25, -0.2) is 0 Å². The molecule has 106 valence electrons. The van der Waals surface area contributed by atoms with Gasteiger partial charge in [0, 0.05) is 36.8 Å². The summed E-state index contributed by atoms with van der Waals surface area (Å²) >= 11 is 0. The van der Waals surface area contributed by atoms with Crippen molar-refractivity contribution >= 4 is 0 Å². The zero-order chi connectivity index (χ0) is 14.2. The number of aryl methyl sites for hydroxylation is 1. The Balaban J connectivity index is 1.68. The van der Waals surface area contributed by atoms with Crippen LogP contribution < -0.4 is 5.32 Å². The van der Waals surface area contributed by atoms with E-state index in [1.807, 2.05) is 24.0 Å². The fourth-order valence-electron chi connectivity index (χ4n) is 3.55. The van der Waals surface area contributed by atoms with Gasteiger partial charge in [0.1, 0.15) is 0 Å². The van der Waals surface area contributed by atoms with Crippen LogP contribution in [0.2, 0.25) is 0 Å². The molecule has 1 aromatic rings. The molecule has 2 unspecified atom stereocenters. The van der Waals surface area contributed by atoms with Gasteiger partial charge in [-0.2, -0.15) is 5.10 Å². The second-order valence-electron chi connectivity index (χ2n) is 5.96. The van der Waals surface area contributed by atoms with E-state index in [-0.39, 0.29) is 0 Å². The van der Waals surface area contributed by atoms with Gasteiger partial charge in [-0.3, -0.25) is 4.68 Å². The quantitative estimate of drug-likeness (QED) is 0.890. The Labute approximate surface area is 121 Å². The molecule has 3 nitrogen and oxygen atoms in total. The van der Waals surface area contributed by atoms with Crippen molar-refractivity contribution in [2.45, 2.75) is 38.8 Å². The molecular weight excluding hydrogens is 246 g/mol. The summed E-state index contributed by atoms with van der Waals surface area (Å²) in [6.07, 6.45) is 14.2. The first-order valence-electron chi connectivity index (χ1n) is 7.39. The molecule has 0 amide bonds. The Kier molecular flexibility index (Phi) is 3.38. The van der Waals surface area contributed by atoms with Gasteiger partial charge < -0.3 is 5.32 Å². The Morgan fingerprint density at radius 2 is 2.45 bits per heavy atom. The molecule has 1 aromatic heterocycles. The van der Waals surface area contributed by atoms with Crippen LogP contribution in [0.4, 0.5) is 0 Å². The highest BCUT2D eigenvalue weighted by Crippen LogP contribution is 2.61. The summed E-state index contributed by atoms with van der Waals surface area (Å²) in [6, 6.07) is 0.603. The summed E-state index contributed by atoms with van der Waals surface area (Å²) in [7, 11) is 1.96. The number of hydrogen-bond acceptors (Lipinski definition) is 2. The van der Waals surface area contributed by atoms with Crippen LogP contribution in [0.3, 0.4) is 0 Å². The molecule has 2 atom stereocenters. The van der Waals surface area contributed by atoms with Crippen molar-refractivity contribution < 1.29 is 0 Å². The van der Waals surface area contributed by atoms with Crippen LogP contribution >= 0.6 is 0 Å². The molecule has 1 fully saturated rings. The van der Waals surface area contributed by atoms with Crippen LogP contribution in [0.1, 0.15) is 31.7 Å². The SMILES string of the molecule is C=CC1=C(/C=C\C)C2(CC1)CC2NCc1cnn(C)c1. The number of allylic oxidation sites excluding steroid dienone is 4. The van der Waals surface area contributed by atoms with Crippen molar-refractivity contribution in [2.75, 3.05) is 0 Å². The number of nitrogens with zero attached hydrogens (tertiary/aromatic N) is 2. The summed E-state index contributed by atoms with van der Waals surface area (Å²) < 4.78 is 1.86. The smallest absolute Gasteiger partial charge is 0.0534 e. The fourth-order valence-corrected chi connectivity index (χ4v) is 3.55. The molecule has 20 heavy (non-hydrogen) atoms. The molecule has 0 saturated heterocycles. The van der Waals surface area contributed by atoms with Gasteiger partial charge >= 0.3 is 0 Å². The molecular formula is C17H23N3. The monoisotopic (exact) mass is 269 g/mol. The van der Waals surface area contributed by atoms with E-state index in [0.29, 0.717) is 11.5 Å². The fraction of sp³-hybridized carbons (Fsp3) is 0.471. The van der Waals surface area contributed by atoms with Gasteiger partial charge in [0.25, 0.3) is 0 Å². The lowest BCUT2D eigenvalue weighted by atomic mass is 9.95. The third kappa shape index (κ3) is 2.16. The van der Waals surface area contributed by atoms with E-state index in [2.05, 4.69) is 42.3 Å². The molecule has 2 aliphatic carbocycles. The van der Waals surface area contributed by atoms with Crippen molar-refractivity contribution in [1.29, 1.82) is 0 Å². The third-order valence-electron chi connectivity index (χ3n) is 4.69. The van der Waals surface area contributed by atoms with Gasteiger partial charge in [-0.05, 0) is 37.3 Å². The van der Waals surface area contributed by atoms with E-state index >= 15 is 0 Å². The van der Waals surface area contributed by atoms with Crippen LogP contribution in [0.25, 0.3) is 0 Å². The van der Waals surface area contributed by atoms with Gasteiger partial charge in [-0.15, -0.1) is 0 Å². The molecule has 1 saturated carbocycles. The summed E-state index contributed by atoms with van der Waals surface area (Å²) in [5.41, 5.74) is 4.58. The number of nitrogens with one attached hydrogen (secondary N) is 1. The minimum absolute atomic E-state index is 0.373. The van der Waals surface area contributed by atoms with Gasteiger partial charge in [0.05, 0.1) is 6.20 Å². The van der Waals surface area contributed by atoms with Crippen molar-refractivity contribution in [3.05, 3.63) is 53.9 Å². The van der Waals surface area contributed by atoms with Crippen LogP contribution in [0.5, 0.6) is 0 Å². The maximum absolute atomic E-state index is 4.22. The first-order valence-corrected chi connectivity index (χ1v) is 7.39. The largest absolute Gasteiger partial charge is 0.309 e. The summed E-state index contributed by atoms with van der Waals surface area (Å²) in [5, 5.41) is 7.91. The molecule has 2 aliphatic rings. The molecule has 1 heterocycles. The predicted octanol–water partition coefficient (Wildman–Crippen LogP) is 3.12. The first kappa shape index (κ1) is 13.4. The zero-order valence-corrected chi connectivity index (χ0v) is 12.4. The summed E-state index contributed by atoms with van der Waals surface area (Å²) in [6.45, 7) is 6.97. The zero-order valence-electron chi connectivity index (χ0n) is 12.4. The van der Waals surface area contributed by atoms with E-state index in [9.17, 15) is 0 Å². The lowest BCUT2D eigenvalue weighted by Gasteiger charge is -2.13. The second kappa shape index (κ2) is 5.06. The third-order valence-corrected chi connectivity index (χ3v) is 4.69. The van der Waals surface area contributed by atoms with Crippen LogP contribution in [-0.2, 0) is 13.6 Å². The maximum Gasteiger partial charge on any atom is 0.0534 e. The van der Waals surface area contributed by atoms with Crippen molar-refractivity contribution in [1.82, 2.24) is 15.1 Å². The lowest BCUT2D eigenvalue weighted by Crippen LogP contribution is -2.22. The molecule has 0 aromatic carbocycles. The number of aromatic nitrogens is 2. The average molecular weight is 269 g/mol. The summed E-state index contributed by atoms with van der Waals surface area (Å²) in [4.78, 5) is 0. The Bertz CT molecular complexity index is 579. The van der Waals surface area contributed by atoms with E-state index in [1.165, 1.54) is 36.0 Å². The molecule has 1 N–H and O–H groups in total. The van der Waals surface area contributed by atoms with Gasteiger partial charge in [0.2, 0.25) is 0 Å². The molecule has 0 aliphatic heterocycles. The van der Waals surface area contributed by atoms with E-state index in [0.717, 1.165) is 6.54 Å². The minimum Gasteiger partial charge on any atom is -0.309 e. The standard InChI is InChI=1S/C17H23N3/c1-4-6-15-14(5-2)7-8-17(15)9-16(17)18-10-13-11-19-20(3)12-13/h4-6,11-12,16,18H,2,7-10H2,1,3H3/b6-4-. The van der Waals surface area contributed by atoms with E-state index < -0.39 is 0 Å². The van der Waals surface area contributed by atoms with Crippen LogP contribution in [0.15, 0.2) is 48.3 Å². The second-order valence-corrected chi connectivity index (χ2v) is 5.96. The molecule has 0 radical (unpaired) electrons. The number of rotatable bonds is 5. The van der Waals surface area contributed by atoms with Crippen LogP contribution in [-0.4, -0.2) is 15.8 Å². The molecule has 1 spiro atoms. The first-order chi connectivity index (χ1) is 9.69. The average Bonchev–Trinajstić information content (AvgIpc) is 2.79. The highest BCUT2D eigenvalue weighted by atomic mass is 15.2. The molecule has 0 bridgehead atoms. The van der Waals surface area contributed by atoms with E-state index in [1.54, 1.807) is 0 Å². The van der Waals surface area contributed by atoms with Crippen molar-refractivity contribution in [2.24, 2.45) is 12.5 Å². The maximum atomic E-state index is 4.22. The Hall–Kier alpha value is -1.61. The highest BCUT2D eigenvalue weighted by molar-refractivity contribution is 5.47. The highest BCUT2D eigenvalue weighted by Gasteiger charge is 2.57. The van der Waals surface area contributed by atoms with Gasteiger partial charge in [-0.1, -0.05) is 24.8 Å². The normalized spacial score (nSPS) is 28.8. The Morgan fingerprint density at radius 3 is 3.10 bits per heavy atom. The van der Waals surface area contributed by atoms with Crippen LogP contribution in [0, 0.1) is 5.41 Å². The van der Waals surface area contributed by atoms with Crippen molar-refractivity contribution in [3.63, 3.8) is 0 Å². The topological polar surface area (TPSA) is 29.9 Å². The predicted molar refractivity (Wildman–Crippen MR) is 82.2 cm³/mol. The minimum atomic E-state index is 0.373.